The number of aromatic nitrogens is 3. The van der Waals surface area contributed by atoms with E-state index in [-0.39, 0.29) is 12.1 Å². The first-order chi connectivity index (χ1) is 9.88. The third-order valence-electron chi connectivity index (χ3n) is 2.76. The van der Waals surface area contributed by atoms with Crippen LogP contribution in [0, 0.1) is 22.9 Å². The normalized spacial score (nSPS) is 10.4. The number of carbonyl (C=O) groups is 1. The molecule has 1 aromatic heterocycles. The molecule has 0 saturated carbocycles. The topological polar surface area (TPSA) is 105 Å². The zero-order valence-electron chi connectivity index (χ0n) is 11.3. The van der Waals surface area contributed by atoms with E-state index in [1.165, 1.54) is 11.9 Å². The predicted molar refractivity (Wildman–Crippen MR) is 70.0 cm³/mol. The molecule has 9 heteroatoms. The van der Waals surface area contributed by atoms with Gasteiger partial charge in [0.05, 0.1) is 23.1 Å². The van der Waals surface area contributed by atoms with Crippen molar-refractivity contribution in [1.82, 2.24) is 20.1 Å². The van der Waals surface area contributed by atoms with E-state index in [0.717, 1.165) is 18.2 Å². The third-order valence-corrected chi connectivity index (χ3v) is 2.76. The maximum absolute atomic E-state index is 13.8. The molecule has 0 spiro atoms. The number of nitrogens with one attached hydrogen (secondary N) is 1. The van der Waals surface area contributed by atoms with Gasteiger partial charge in [0, 0.05) is 13.1 Å². The quantitative estimate of drug-likeness (QED) is 0.678. The Bertz CT molecular complexity index is 700. The third kappa shape index (κ3) is 3.19. The number of H-pyrrole nitrogens is 1. The maximum Gasteiger partial charge on any atom is 0.272 e. The highest BCUT2D eigenvalue weighted by Gasteiger charge is 2.20. The second-order valence-electron chi connectivity index (χ2n) is 4.42. The highest BCUT2D eigenvalue weighted by atomic mass is 19.1. The molecule has 0 aliphatic heterocycles. The molecule has 0 aliphatic carbocycles. The molecule has 0 aliphatic rings. The largest absolute Gasteiger partial charge is 0.334 e. The lowest BCUT2D eigenvalue weighted by atomic mass is 10.1. The number of rotatable bonds is 4. The summed E-state index contributed by atoms with van der Waals surface area (Å²) >= 11 is 0. The molecule has 110 valence electrons. The summed E-state index contributed by atoms with van der Waals surface area (Å²) in [7, 11) is 1.47. The fraction of sp³-hybridized carbons (Fsp3) is 0.250. The van der Waals surface area contributed by atoms with Crippen molar-refractivity contribution in [1.29, 1.82) is 0 Å². The molecule has 0 unspecified atom stereocenters. The van der Waals surface area contributed by atoms with Crippen LogP contribution in [0.4, 0.5) is 10.1 Å². The van der Waals surface area contributed by atoms with Crippen LogP contribution >= 0.6 is 0 Å². The number of amides is 1. The molecule has 1 aromatic carbocycles. The Balaban J connectivity index is 2.17. The molecule has 0 atom stereocenters. The fourth-order valence-corrected chi connectivity index (χ4v) is 1.74. The summed E-state index contributed by atoms with van der Waals surface area (Å²) in [6, 6.07) is 2.90. The molecule has 21 heavy (non-hydrogen) atoms. The van der Waals surface area contributed by atoms with E-state index in [0.29, 0.717) is 11.6 Å². The summed E-state index contributed by atoms with van der Waals surface area (Å²) in [4.78, 5) is 27.2. The molecule has 0 radical (unpaired) electrons. The highest BCUT2D eigenvalue weighted by molar-refractivity contribution is 5.94. The van der Waals surface area contributed by atoms with Crippen LogP contribution in [-0.4, -0.2) is 38.0 Å². The monoisotopic (exact) mass is 293 g/mol. The number of hydrogen-bond donors (Lipinski definition) is 1. The first kappa shape index (κ1) is 14.6. The summed E-state index contributed by atoms with van der Waals surface area (Å²) in [6.07, 6.45) is 0. The van der Waals surface area contributed by atoms with E-state index in [4.69, 9.17) is 0 Å². The van der Waals surface area contributed by atoms with Gasteiger partial charge in [0.2, 0.25) is 0 Å². The number of nitro benzene ring substituents is 1. The Morgan fingerprint density at radius 2 is 2.24 bits per heavy atom. The predicted octanol–water partition coefficient (Wildman–Crippen LogP) is 1.43. The van der Waals surface area contributed by atoms with E-state index >= 15 is 0 Å². The van der Waals surface area contributed by atoms with Crippen molar-refractivity contribution in [3.8, 4) is 0 Å². The number of non-ortho nitro benzene ring substituents is 1. The zero-order valence-corrected chi connectivity index (χ0v) is 11.3. The summed E-state index contributed by atoms with van der Waals surface area (Å²) in [5.41, 5.74) is -0.647. The molecule has 2 aromatic rings. The van der Waals surface area contributed by atoms with Crippen LogP contribution in [0.2, 0.25) is 0 Å². The Labute approximate surface area is 118 Å². The van der Waals surface area contributed by atoms with Crippen molar-refractivity contribution in [2.24, 2.45) is 0 Å². The minimum Gasteiger partial charge on any atom is -0.334 e. The minimum atomic E-state index is -0.938. The van der Waals surface area contributed by atoms with Gasteiger partial charge >= 0.3 is 0 Å². The van der Waals surface area contributed by atoms with Crippen molar-refractivity contribution < 1.29 is 14.1 Å². The number of nitro groups is 1. The molecule has 0 saturated heterocycles. The van der Waals surface area contributed by atoms with Gasteiger partial charge in [0.25, 0.3) is 11.6 Å². The number of benzene rings is 1. The van der Waals surface area contributed by atoms with E-state index in [1.54, 1.807) is 6.92 Å². The number of aromatic amines is 1. The van der Waals surface area contributed by atoms with Crippen molar-refractivity contribution in [2.45, 2.75) is 13.5 Å². The second-order valence-corrected chi connectivity index (χ2v) is 4.42. The number of halogens is 1. The Kier molecular flexibility index (Phi) is 3.92. The lowest BCUT2D eigenvalue weighted by Gasteiger charge is -2.15. The van der Waals surface area contributed by atoms with Crippen molar-refractivity contribution >= 4 is 11.6 Å². The van der Waals surface area contributed by atoms with Gasteiger partial charge in [-0.25, -0.2) is 9.37 Å². The van der Waals surface area contributed by atoms with Crippen molar-refractivity contribution in [2.75, 3.05) is 7.05 Å². The molecule has 0 bridgehead atoms. The first-order valence-electron chi connectivity index (χ1n) is 5.95. The number of aryl methyl sites for hydroxylation is 1. The first-order valence-corrected chi connectivity index (χ1v) is 5.95. The van der Waals surface area contributed by atoms with Crippen LogP contribution < -0.4 is 0 Å². The van der Waals surface area contributed by atoms with Gasteiger partial charge in [-0.3, -0.25) is 20.0 Å². The number of nitrogens with zero attached hydrogens (tertiary/aromatic N) is 4. The average Bonchev–Trinajstić information content (AvgIpc) is 2.83. The van der Waals surface area contributed by atoms with Crippen LogP contribution in [0.25, 0.3) is 0 Å². The Hall–Kier alpha value is -2.84. The minimum absolute atomic E-state index is 0.0968. The van der Waals surface area contributed by atoms with Crippen LogP contribution in [0.3, 0.4) is 0 Å². The smallest absolute Gasteiger partial charge is 0.272 e. The van der Waals surface area contributed by atoms with Crippen LogP contribution in [0.5, 0.6) is 0 Å². The van der Waals surface area contributed by atoms with Gasteiger partial charge in [0.15, 0.2) is 5.82 Å². The second kappa shape index (κ2) is 5.65. The van der Waals surface area contributed by atoms with Gasteiger partial charge in [0.1, 0.15) is 11.6 Å². The SMILES string of the molecule is Cc1nc(CN(C)C(=O)c2ccc([N+](=O)[O-])cc2F)n[nH]1. The maximum atomic E-state index is 13.8. The Morgan fingerprint density at radius 3 is 2.76 bits per heavy atom. The van der Waals surface area contributed by atoms with Crippen LogP contribution in [0.15, 0.2) is 18.2 Å². The summed E-state index contributed by atoms with van der Waals surface area (Å²) < 4.78 is 13.8. The number of carbonyl (C=O) groups excluding carboxylic acids is 1. The van der Waals surface area contributed by atoms with Crippen LogP contribution in [-0.2, 0) is 6.54 Å². The molecular weight excluding hydrogens is 281 g/mol. The van der Waals surface area contributed by atoms with Crippen molar-refractivity contribution in [3.05, 3.63) is 51.3 Å². The van der Waals surface area contributed by atoms with E-state index in [2.05, 4.69) is 15.2 Å². The standard InChI is InChI=1S/C12H12FN5O3/c1-7-14-11(16-15-7)6-17(2)12(19)9-4-3-8(18(20)21)5-10(9)13/h3-5H,6H2,1-2H3,(H,14,15,16). The van der Waals surface area contributed by atoms with Gasteiger partial charge in [-0.2, -0.15) is 5.10 Å². The summed E-state index contributed by atoms with van der Waals surface area (Å²) in [6.45, 7) is 1.81. The fourth-order valence-electron chi connectivity index (χ4n) is 1.74. The molecule has 1 N–H and O–H groups in total. The lowest BCUT2D eigenvalue weighted by Crippen LogP contribution is -2.27. The van der Waals surface area contributed by atoms with Gasteiger partial charge in [-0.05, 0) is 13.0 Å². The lowest BCUT2D eigenvalue weighted by molar-refractivity contribution is -0.385. The molecule has 0 fully saturated rings. The molecule has 2 rings (SSSR count). The molecule has 8 nitrogen and oxygen atoms in total. The summed E-state index contributed by atoms with van der Waals surface area (Å²) in [5.74, 6) is -0.546. The van der Waals surface area contributed by atoms with Gasteiger partial charge in [-0.15, -0.1) is 0 Å². The van der Waals surface area contributed by atoms with E-state index < -0.39 is 22.3 Å². The number of hydrogen-bond acceptors (Lipinski definition) is 5. The van der Waals surface area contributed by atoms with Gasteiger partial charge < -0.3 is 4.90 Å². The summed E-state index contributed by atoms with van der Waals surface area (Å²) in [5, 5.41) is 17.0. The van der Waals surface area contributed by atoms with E-state index in [1.807, 2.05) is 0 Å². The zero-order chi connectivity index (χ0) is 15.6. The van der Waals surface area contributed by atoms with Crippen LogP contribution in [0.1, 0.15) is 22.0 Å². The Morgan fingerprint density at radius 1 is 1.52 bits per heavy atom. The van der Waals surface area contributed by atoms with E-state index in [9.17, 15) is 19.3 Å². The average molecular weight is 293 g/mol. The van der Waals surface area contributed by atoms with Crippen molar-refractivity contribution in [3.63, 3.8) is 0 Å². The molecular formula is C12H12FN5O3. The highest BCUT2D eigenvalue weighted by Crippen LogP contribution is 2.18. The molecule has 1 heterocycles. The van der Waals surface area contributed by atoms with Gasteiger partial charge in [-0.1, -0.05) is 0 Å². The molecule has 1 amide bonds.